The zero-order valence-electron chi connectivity index (χ0n) is 8.85. The molecule has 0 unspecified atom stereocenters. The number of anilines is 1. The van der Waals surface area contributed by atoms with Crippen molar-refractivity contribution in [2.24, 2.45) is 0 Å². The topological polar surface area (TPSA) is 29.1 Å². The van der Waals surface area contributed by atoms with E-state index in [2.05, 4.69) is 33.9 Å². The second kappa shape index (κ2) is 5.38. The maximum Gasteiger partial charge on any atom is 0.256 e. The zero-order chi connectivity index (χ0) is 12.3. The number of thiol groups is 1. The number of amides is 1. The first-order valence-electron chi connectivity index (χ1n) is 5.02. The minimum Gasteiger partial charge on any atom is -0.322 e. The van der Waals surface area contributed by atoms with E-state index in [-0.39, 0.29) is 5.91 Å². The number of hydrogen-bond donors (Lipinski definition) is 2. The van der Waals surface area contributed by atoms with Crippen LogP contribution in [0.4, 0.5) is 5.69 Å². The summed E-state index contributed by atoms with van der Waals surface area (Å²) in [7, 11) is 0. The standard InChI is InChI=1S/C13H10BrNOS/c14-9-4-3-5-10(8-9)15-13(16)11-6-1-2-7-12(11)17/h1-8,17H,(H,15,16). The second-order valence-electron chi connectivity index (χ2n) is 3.48. The van der Waals surface area contributed by atoms with Gasteiger partial charge in [0.1, 0.15) is 0 Å². The van der Waals surface area contributed by atoms with Crippen molar-refractivity contribution in [1.29, 1.82) is 0 Å². The van der Waals surface area contributed by atoms with Gasteiger partial charge >= 0.3 is 0 Å². The molecule has 0 fully saturated rings. The highest BCUT2D eigenvalue weighted by Crippen LogP contribution is 2.18. The van der Waals surface area contributed by atoms with E-state index in [9.17, 15) is 4.79 Å². The molecule has 0 aliphatic carbocycles. The molecule has 4 heteroatoms. The van der Waals surface area contributed by atoms with E-state index in [1.54, 1.807) is 12.1 Å². The molecule has 0 aliphatic heterocycles. The molecular weight excluding hydrogens is 298 g/mol. The van der Waals surface area contributed by atoms with Crippen LogP contribution < -0.4 is 5.32 Å². The smallest absolute Gasteiger partial charge is 0.256 e. The first-order chi connectivity index (χ1) is 8.16. The van der Waals surface area contributed by atoms with E-state index in [1.807, 2.05) is 36.4 Å². The number of carbonyl (C=O) groups is 1. The van der Waals surface area contributed by atoms with Crippen molar-refractivity contribution < 1.29 is 4.79 Å². The summed E-state index contributed by atoms with van der Waals surface area (Å²) in [6, 6.07) is 14.7. The predicted molar refractivity (Wildman–Crippen MR) is 75.8 cm³/mol. The molecule has 0 spiro atoms. The fourth-order valence-electron chi connectivity index (χ4n) is 1.43. The summed E-state index contributed by atoms with van der Waals surface area (Å²) in [5.74, 6) is -0.159. The average molecular weight is 308 g/mol. The lowest BCUT2D eigenvalue weighted by molar-refractivity contribution is 0.102. The summed E-state index contributed by atoms with van der Waals surface area (Å²) in [4.78, 5) is 12.6. The van der Waals surface area contributed by atoms with Gasteiger partial charge in [-0.05, 0) is 30.3 Å². The summed E-state index contributed by atoms with van der Waals surface area (Å²) in [6.07, 6.45) is 0. The van der Waals surface area contributed by atoms with Crippen molar-refractivity contribution in [2.45, 2.75) is 4.90 Å². The molecule has 0 saturated heterocycles. The van der Waals surface area contributed by atoms with Gasteiger partial charge in [0.2, 0.25) is 0 Å². The highest BCUT2D eigenvalue weighted by atomic mass is 79.9. The van der Waals surface area contributed by atoms with Crippen LogP contribution in [-0.4, -0.2) is 5.91 Å². The number of nitrogens with one attached hydrogen (secondary N) is 1. The summed E-state index contributed by atoms with van der Waals surface area (Å²) < 4.78 is 0.925. The van der Waals surface area contributed by atoms with Crippen molar-refractivity contribution >= 4 is 40.2 Å². The third kappa shape index (κ3) is 3.11. The molecule has 2 aromatic rings. The van der Waals surface area contributed by atoms with Crippen molar-refractivity contribution in [1.82, 2.24) is 0 Å². The van der Waals surface area contributed by atoms with Gasteiger partial charge in [-0.15, -0.1) is 12.6 Å². The van der Waals surface area contributed by atoms with Crippen LogP contribution in [0, 0.1) is 0 Å². The molecule has 0 atom stereocenters. The van der Waals surface area contributed by atoms with Crippen LogP contribution in [0.25, 0.3) is 0 Å². The highest BCUT2D eigenvalue weighted by molar-refractivity contribution is 9.10. The van der Waals surface area contributed by atoms with E-state index in [0.717, 1.165) is 10.2 Å². The maximum atomic E-state index is 12.0. The van der Waals surface area contributed by atoms with E-state index in [1.165, 1.54) is 0 Å². The number of carbonyl (C=O) groups excluding carboxylic acids is 1. The van der Waals surface area contributed by atoms with Gasteiger partial charge in [-0.25, -0.2) is 0 Å². The lowest BCUT2D eigenvalue weighted by atomic mass is 10.2. The quantitative estimate of drug-likeness (QED) is 0.807. The minimum atomic E-state index is -0.159. The first kappa shape index (κ1) is 12.2. The van der Waals surface area contributed by atoms with Gasteiger partial charge in [-0.2, -0.15) is 0 Å². The Morgan fingerprint density at radius 3 is 2.59 bits per heavy atom. The molecule has 1 N–H and O–H groups in total. The van der Waals surface area contributed by atoms with Gasteiger partial charge in [0.05, 0.1) is 5.56 Å². The Morgan fingerprint density at radius 1 is 1.12 bits per heavy atom. The fourth-order valence-corrected chi connectivity index (χ4v) is 2.09. The molecule has 2 nitrogen and oxygen atoms in total. The van der Waals surface area contributed by atoms with Crippen LogP contribution in [0.3, 0.4) is 0 Å². The normalized spacial score (nSPS) is 10.0. The second-order valence-corrected chi connectivity index (χ2v) is 4.88. The van der Waals surface area contributed by atoms with Crippen LogP contribution in [0.5, 0.6) is 0 Å². The van der Waals surface area contributed by atoms with Gasteiger partial charge in [-0.3, -0.25) is 4.79 Å². The van der Waals surface area contributed by atoms with Crippen molar-refractivity contribution in [3.05, 3.63) is 58.6 Å². The van der Waals surface area contributed by atoms with Crippen LogP contribution in [-0.2, 0) is 0 Å². The molecule has 0 aliphatic rings. The molecule has 2 rings (SSSR count). The lowest BCUT2D eigenvalue weighted by Gasteiger charge is -2.07. The largest absolute Gasteiger partial charge is 0.322 e. The molecule has 0 radical (unpaired) electrons. The van der Waals surface area contributed by atoms with Crippen molar-refractivity contribution in [3.8, 4) is 0 Å². The highest BCUT2D eigenvalue weighted by Gasteiger charge is 2.08. The molecule has 0 bridgehead atoms. The Labute approximate surface area is 114 Å². The van der Waals surface area contributed by atoms with E-state index in [0.29, 0.717) is 10.5 Å². The van der Waals surface area contributed by atoms with E-state index in [4.69, 9.17) is 0 Å². The summed E-state index contributed by atoms with van der Waals surface area (Å²) >= 11 is 7.61. The lowest BCUT2D eigenvalue weighted by Crippen LogP contribution is -2.12. The zero-order valence-corrected chi connectivity index (χ0v) is 11.3. The van der Waals surface area contributed by atoms with Gasteiger partial charge in [0.15, 0.2) is 0 Å². The molecule has 1 amide bonds. The molecule has 0 saturated carbocycles. The Bertz CT molecular complexity index is 557. The van der Waals surface area contributed by atoms with E-state index >= 15 is 0 Å². The molecule has 86 valence electrons. The summed E-state index contributed by atoms with van der Waals surface area (Å²) in [6.45, 7) is 0. The molecule has 2 aromatic carbocycles. The number of halogens is 1. The van der Waals surface area contributed by atoms with Crippen molar-refractivity contribution in [2.75, 3.05) is 5.32 Å². The summed E-state index contributed by atoms with van der Waals surface area (Å²) in [5.41, 5.74) is 1.32. The molecular formula is C13H10BrNOS. The minimum absolute atomic E-state index is 0.159. The van der Waals surface area contributed by atoms with Crippen LogP contribution in [0.15, 0.2) is 57.9 Å². The van der Waals surface area contributed by atoms with Gasteiger partial charge < -0.3 is 5.32 Å². The third-order valence-corrected chi connectivity index (χ3v) is 3.11. The van der Waals surface area contributed by atoms with Gasteiger partial charge in [0.25, 0.3) is 5.91 Å². The molecule has 0 aromatic heterocycles. The fraction of sp³-hybridized carbons (Fsp3) is 0. The third-order valence-electron chi connectivity index (χ3n) is 2.23. The monoisotopic (exact) mass is 307 g/mol. The van der Waals surface area contributed by atoms with Gasteiger partial charge in [-0.1, -0.05) is 34.1 Å². The Balaban J connectivity index is 2.20. The van der Waals surface area contributed by atoms with Crippen LogP contribution in [0.1, 0.15) is 10.4 Å². The van der Waals surface area contributed by atoms with E-state index < -0.39 is 0 Å². The maximum absolute atomic E-state index is 12.0. The van der Waals surface area contributed by atoms with Crippen molar-refractivity contribution in [3.63, 3.8) is 0 Å². The van der Waals surface area contributed by atoms with Crippen LogP contribution >= 0.6 is 28.6 Å². The number of hydrogen-bond acceptors (Lipinski definition) is 2. The first-order valence-corrected chi connectivity index (χ1v) is 6.26. The Kier molecular flexibility index (Phi) is 3.86. The molecule has 0 heterocycles. The Hall–Kier alpha value is -1.26. The summed E-state index contributed by atoms with van der Waals surface area (Å²) in [5, 5.41) is 2.82. The average Bonchev–Trinajstić information content (AvgIpc) is 2.29. The van der Waals surface area contributed by atoms with Gasteiger partial charge in [0, 0.05) is 15.1 Å². The number of benzene rings is 2. The Morgan fingerprint density at radius 2 is 1.88 bits per heavy atom. The van der Waals surface area contributed by atoms with Crippen LogP contribution in [0.2, 0.25) is 0 Å². The molecule has 17 heavy (non-hydrogen) atoms. The number of rotatable bonds is 2. The SMILES string of the molecule is O=C(Nc1cccc(Br)c1)c1ccccc1S. The predicted octanol–water partition coefficient (Wildman–Crippen LogP) is 3.99.